The van der Waals surface area contributed by atoms with E-state index in [0.717, 1.165) is 48.2 Å². The molecule has 5 N–H and O–H groups in total. The SMILES string of the molecule is CCN(C[C@H]1C[C@](C)(n2ccc3c(N)ncnc32)[C@H](O)[C@@H]1O)C1CC(CCc2nc3cc(C(C)(C)C)ccc3[nH]2)C1. The number of benzene rings is 1. The monoisotopic (exact) mass is 559 g/mol. The zero-order chi connectivity index (χ0) is 29.1. The quantitative estimate of drug-likeness (QED) is 0.252. The number of aliphatic hydroxyl groups excluding tert-OH is 2. The van der Waals surface area contributed by atoms with Crippen LogP contribution in [0.2, 0.25) is 0 Å². The lowest BCUT2D eigenvalue weighted by Crippen LogP contribution is -2.48. The Morgan fingerprint density at radius 2 is 1.95 bits per heavy atom. The van der Waals surface area contributed by atoms with Gasteiger partial charge < -0.3 is 30.4 Å². The number of aromatic amines is 1. The van der Waals surface area contributed by atoms with E-state index >= 15 is 0 Å². The first-order chi connectivity index (χ1) is 19.5. The predicted octanol–water partition coefficient (Wildman–Crippen LogP) is 4.38. The molecule has 1 aromatic carbocycles. The van der Waals surface area contributed by atoms with Crippen molar-refractivity contribution < 1.29 is 10.2 Å². The fraction of sp³-hybridized carbons (Fsp3) is 0.594. The van der Waals surface area contributed by atoms with Crippen LogP contribution < -0.4 is 5.73 Å². The molecule has 220 valence electrons. The standard InChI is InChI=1S/C32H45N7O2/c1-6-38(17-20-16-32(5,28(41)27(20)40)39-12-11-23-29(33)34-18-35-30(23)39)22-13-19(14-22)7-10-26-36-24-9-8-21(31(2,3)4)15-25(24)37-26/h8-9,11-12,15,18-20,22,27-28,40-41H,6-7,10,13-14,16-17H2,1-5H3,(H,36,37)(H2,33,34,35)/t19?,20-,22?,27-,28-,32+/m1/s1. The van der Waals surface area contributed by atoms with Gasteiger partial charge in [0.25, 0.3) is 0 Å². The van der Waals surface area contributed by atoms with Gasteiger partial charge in [0, 0.05) is 31.1 Å². The van der Waals surface area contributed by atoms with Crippen molar-refractivity contribution in [3.05, 3.63) is 48.2 Å². The Kier molecular flexibility index (Phi) is 7.11. The number of fused-ring (bicyclic) bond motifs is 2. The summed E-state index contributed by atoms with van der Waals surface area (Å²) in [4.78, 5) is 19.5. The summed E-state index contributed by atoms with van der Waals surface area (Å²) in [7, 11) is 0. The number of aryl methyl sites for hydroxylation is 1. The Morgan fingerprint density at radius 3 is 2.68 bits per heavy atom. The molecule has 3 aromatic heterocycles. The number of nitrogens with two attached hydrogens (primary N) is 1. The summed E-state index contributed by atoms with van der Waals surface area (Å²) in [5.74, 6) is 2.16. The van der Waals surface area contributed by atoms with Gasteiger partial charge in [0.1, 0.15) is 29.7 Å². The Morgan fingerprint density at radius 1 is 1.17 bits per heavy atom. The van der Waals surface area contributed by atoms with E-state index in [9.17, 15) is 10.2 Å². The molecule has 2 fully saturated rings. The fourth-order valence-electron chi connectivity index (χ4n) is 7.25. The highest BCUT2D eigenvalue weighted by Crippen LogP contribution is 2.44. The smallest absolute Gasteiger partial charge is 0.146 e. The van der Waals surface area contributed by atoms with Crippen molar-refractivity contribution in [2.24, 2.45) is 11.8 Å². The molecular formula is C32H45N7O2. The maximum atomic E-state index is 11.2. The van der Waals surface area contributed by atoms with Crippen molar-refractivity contribution in [2.75, 3.05) is 18.8 Å². The van der Waals surface area contributed by atoms with Crippen molar-refractivity contribution in [1.29, 1.82) is 0 Å². The predicted molar refractivity (Wildman–Crippen MR) is 163 cm³/mol. The van der Waals surface area contributed by atoms with E-state index in [1.807, 2.05) is 23.8 Å². The van der Waals surface area contributed by atoms with Crippen LogP contribution in [0, 0.1) is 11.8 Å². The van der Waals surface area contributed by atoms with E-state index in [0.29, 0.717) is 29.8 Å². The molecule has 2 saturated carbocycles. The highest BCUT2D eigenvalue weighted by Gasteiger charge is 2.52. The Labute approximate surface area is 242 Å². The number of nitrogens with zero attached hydrogens (tertiary/aromatic N) is 5. The Bertz CT molecular complexity index is 1530. The van der Waals surface area contributed by atoms with Crippen LogP contribution in [0.5, 0.6) is 0 Å². The number of hydrogen-bond acceptors (Lipinski definition) is 7. The first kappa shape index (κ1) is 28.1. The second-order valence-electron chi connectivity index (χ2n) is 13.7. The van der Waals surface area contributed by atoms with Crippen LogP contribution in [-0.4, -0.2) is 71.0 Å². The van der Waals surface area contributed by atoms with Gasteiger partial charge in [-0.25, -0.2) is 15.0 Å². The molecule has 0 unspecified atom stereocenters. The van der Waals surface area contributed by atoms with Gasteiger partial charge in [0.05, 0.1) is 28.1 Å². The van der Waals surface area contributed by atoms with Gasteiger partial charge in [-0.05, 0) is 74.2 Å². The van der Waals surface area contributed by atoms with E-state index < -0.39 is 17.7 Å². The summed E-state index contributed by atoms with van der Waals surface area (Å²) >= 11 is 0. The van der Waals surface area contributed by atoms with E-state index in [4.69, 9.17) is 10.7 Å². The molecule has 0 spiro atoms. The number of rotatable bonds is 8. The topological polar surface area (TPSA) is 129 Å². The summed E-state index contributed by atoms with van der Waals surface area (Å²) in [5.41, 5.74) is 9.68. The lowest BCUT2D eigenvalue weighted by Gasteiger charge is -2.44. The molecule has 0 aliphatic heterocycles. The molecule has 2 aliphatic rings. The summed E-state index contributed by atoms with van der Waals surface area (Å²) in [6.07, 6.45) is 6.78. The second kappa shape index (κ2) is 10.4. The molecule has 41 heavy (non-hydrogen) atoms. The molecule has 0 saturated heterocycles. The van der Waals surface area contributed by atoms with Gasteiger partial charge in [0.15, 0.2) is 0 Å². The van der Waals surface area contributed by atoms with E-state index in [1.54, 1.807) is 0 Å². The van der Waals surface area contributed by atoms with Crippen molar-refractivity contribution in [3.63, 3.8) is 0 Å². The van der Waals surface area contributed by atoms with Gasteiger partial charge in [-0.15, -0.1) is 0 Å². The Balaban J connectivity index is 1.06. The van der Waals surface area contributed by atoms with Gasteiger partial charge >= 0.3 is 0 Å². The van der Waals surface area contributed by atoms with Gasteiger partial charge in [-0.3, -0.25) is 0 Å². The van der Waals surface area contributed by atoms with Crippen molar-refractivity contribution >= 4 is 27.9 Å². The molecule has 6 rings (SSSR count). The molecule has 3 heterocycles. The number of H-pyrrole nitrogens is 1. The second-order valence-corrected chi connectivity index (χ2v) is 13.7. The fourth-order valence-corrected chi connectivity index (χ4v) is 7.25. The lowest BCUT2D eigenvalue weighted by molar-refractivity contribution is -0.0263. The van der Waals surface area contributed by atoms with Crippen LogP contribution in [0.1, 0.15) is 71.7 Å². The van der Waals surface area contributed by atoms with Crippen LogP contribution in [0.15, 0.2) is 36.8 Å². The Hall–Kier alpha value is -3.01. The molecule has 9 nitrogen and oxygen atoms in total. The molecule has 2 aliphatic carbocycles. The molecule has 4 atom stereocenters. The van der Waals surface area contributed by atoms with Crippen LogP contribution >= 0.6 is 0 Å². The first-order valence-electron chi connectivity index (χ1n) is 15.1. The normalized spacial score (nSPS) is 28.6. The lowest BCUT2D eigenvalue weighted by atomic mass is 9.76. The number of nitrogens with one attached hydrogen (secondary N) is 1. The van der Waals surface area contributed by atoms with E-state index in [1.165, 1.54) is 24.7 Å². The number of aliphatic hydroxyl groups is 2. The first-order valence-corrected chi connectivity index (χ1v) is 15.1. The molecule has 4 aromatic rings. The van der Waals surface area contributed by atoms with Crippen LogP contribution in [0.25, 0.3) is 22.1 Å². The minimum absolute atomic E-state index is 0.0285. The van der Waals surface area contributed by atoms with Gasteiger partial charge in [-0.2, -0.15) is 0 Å². The van der Waals surface area contributed by atoms with Crippen molar-refractivity contribution in [3.8, 4) is 0 Å². The maximum Gasteiger partial charge on any atom is 0.146 e. The van der Waals surface area contributed by atoms with Crippen LogP contribution in [-0.2, 0) is 17.4 Å². The highest BCUT2D eigenvalue weighted by atomic mass is 16.3. The van der Waals surface area contributed by atoms with E-state index in [-0.39, 0.29) is 11.3 Å². The number of imidazole rings is 1. The third-order valence-electron chi connectivity index (χ3n) is 9.97. The largest absolute Gasteiger partial charge is 0.390 e. The molecule has 0 amide bonds. The number of aromatic nitrogens is 5. The maximum absolute atomic E-state index is 11.2. The zero-order valence-corrected chi connectivity index (χ0v) is 25.0. The van der Waals surface area contributed by atoms with Gasteiger partial charge in [-0.1, -0.05) is 33.8 Å². The van der Waals surface area contributed by atoms with Crippen molar-refractivity contribution in [1.82, 2.24) is 29.4 Å². The van der Waals surface area contributed by atoms with Crippen LogP contribution in [0.4, 0.5) is 5.82 Å². The highest BCUT2D eigenvalue weighted by molar-refractivity contribution is 5.86. The molecular weight excluding hydrogens is 514 g/mol. The summed E-state index contributed by atoms with van der Waals surface area (Å²) in [6.45, 7) is 12.6. The third-order valence-corrected chi connectivity index (χ3v) is 9.97. The minimum atomic E-state index is -0.893. The van der Waals surface area contributed by atoms with Crippen LogP contribution in [0.3, 0.4) is 0 Å². The number of anilines is 1. The van der Waals surface area contributed by atoms with E-state index in [2.05, 4.69) is 65.7 Å². The zero-order valence-electron chi connectivity index (χ0n) is 25.0. The molecule has 0 radical (unpaired) electrons. The number of hydrogen-bond donors (Lipinski definition) is 4. The summed E-state index contributed by atoms with van der Waals surface area (Å²) in [6, 6.07) is 8.99. The minimum Gasteiger partial charge on any atom is -0.390 e. The summed E-state index contributed by atoms with van der Waals surface area (Å²) in [5, 5.41) is 23.2. The molecule has 9 heteroatoms. The van der Waals surface area contributed by atoms with Crippen molar-refractivity contribution in [2.45, 2.75) is 95.9 Å². The number of nitrogen functional groups attached to an aromatic ring is 1. The average molecular weight is 560 g/mol. The molecule has 0 bridgehead atoms. The summed E-state index contributed by atoms with van der Waals surface area (Å²) < 4.78 is 1.98. The third kappa shape index (κ3) is 5.02. The average Bonchev–Trinajstić information content (AvgIpc) is 3.58. The van der Waals surface area contributed by atoms with Gasteiger partial charge in [0.2, 0.25) is 0 Å².